The Hall–Kier alpha value is -2.97. The number of nitrogens with zero attached hydrogens (tertiary/aromatic N) is 2. The summed E-state index contributed by atoms with van der Waals surface area (Å²) < 4.78 is 35.2. The Morgan fingerprint density at radius 1 is 1.16 bits per heavy atom. The Morgan fingerprint density at radius 3 is 2.58 bits per heavy atom. The zero-order chi connectivity index (χ0) is 22.3. The molecule has 1 unspecified atom stereocenters. The lowest BCUT2D eigenvalue weighted by molar-refractivity contribution is -0.143. The van der Waals surface area contributed by atoms with E-state index in [1.54, 1.807) is 49.8 Å². The van der Waals surface area contributed by atoms with Crippen LogP contribution in [0.1, 0.15) is 43.0 Å². The molecule has 0 bridgehead atoms. The number of benzene rings is 2. The number of aromatic nitrogens is 2. The van der Waals surface area contributed by atoms with Crippen LogP contribution < -0.4 is 4.72 Å². The molecule has 8 heteroatoms. The number of sulfonamides is 1. The lowest BCUT2D eigenvalue weighted by atomic mass is 9.99. The van der Waals surface area contributed by atoms with Crippen molar-refractivity contribution in [2.45, 2.75) is 44.2 Å². The molecule has 0 radical (unpaired) electrons. The van der Waals surface area contributed by atoms with Gasteiger partial charge in [0.05, 0.1) is 17.8 Å². The minimum absolute atomic E-state index is 0.221. The molecule has 0 amide bonds. The van der Waals surface area contributed by atoms with Gasteiger partial charge in [-0.25, -0.2) is 18.1 Å². The highest BCUT2D eigenvalue weighted by atomic mass is 32.2. The van der Waals surface area contributed by atoms with Crippen LogP contribution in [0.5, 0.6) is 0 Å². The number of esters is 1. The Labute approximate surface area is 183 Å². The van der Waals surface area contributed by atoms with Crippen molar-refractivity contribution in [3.05, 3.63) is 83.9 Å². The van der Waals surface area contributed by atoms with E-state index in [0.717, 1.165) is 16.7 Å². The topological polar surface area (TPSA) is 90.3 Å². The first-order chi connectivity index (χ1) is 14.9. The molecular formula is C23H27N3O4S. The van der Waals surface area contributed by atoms with Gasteiger partial charge in [0.15, 0.2) is 0 Å². The van der Waals surface area contributed by atoms with Gasteiger partial charge in [0.25, 0.3) is 0 Å². The molecule has 3 rings (SSSR count). The molecule has 3 aromatic rings. The molecule has 1 heterocycles. The van der Waals surface area contributed by atoms with E-state index in [0.29, 0.717) is 19.6 Å². The molecule has 2 aromatic carbocycles. The lowest BCUT2D eigenvalue weighted by Crippen LogP contribution is -2.27. The van der Waals surface area contributed by atoms with Crippen LogP contribution in [0.15, 0.2) is 72.1 Å². The third kappa shape index (κ3) is 6.50. The summed E-state index contributed by atoms with van der Waals surface area (Å²) in [6.07, 6.45) is 6.09. The standard InChI is InChI=1S/C23H27N3O4S/c1-3-30-23(27)10-9-19-13-20(16-26-12-11-24-17-26)15-21(14-19)18(2)25-31(28,29)22-7-5-4-6-8-22/h4-8,11-15,17-18,25H,3,9-10,16H2,1-2H3. The molecule has 1 aromatic heterocycles. The summed E-state index contributed by atoms with van der Waals surface area (Å²) in [6.45, 7) is 4.54. The molecule has 0 aliphatic heterocycles. The van der Waals surface area contributed by atoms with Crippen LogP contribution in [0.4, 0.5) is 0 Å². The molecule has 0 fully saturated rings. The van der Waals surface area contributed by atoms with E-state index in [1.165, 1.54) is 0 Å². The third-order valence-electron chi connectivity index (χ3n) is 4.81. The van der Waals surface area contributed by atoms with Crippen LogP contribution in [0.25, 0.3) is 0 Å². The van der Waals surface area contributed by atoms with Crippen LogP contribution in [0.3, 0.4) is 0 Å². The summed E-state index contributed by atoms with van der Waals surface area (Å²) in [4.78, 5) is 16.1. The van der Waals surface area contributed by atoms with Crippen molar-refractivity contribution in [3.8, 4) is 0 Å². The number of rotatable bonds is 10. The van der Waals surface area contributed by atoms with Gasteiger partial charge < -0.3 is 9.30 Å². The average Bonchev–Trinajstić information content (AvgIpc) is 3.26. The van der Waals surface area contributed by atoms with Gasteiger partial charge in [-0.15, -0.1) is 0 Å². The van der Waals surface area contributed by atoms with Crippen LogP contribution in [-0.2, 0) is 32.5 Å². The minimum atomic E-state index is -3.66. The SMILES string of the molecule is CCOC(=O)CCc1cc(Cn2ccnc2)cc(C(C)NS(=O)(=O)c2ccccc2)c1. The number of hydrogen-bond acceptors (Lipinski definition) is 5. The van der Waals surface area contributed by atoms with Gasteiger partial charge in [-0.2, -0.15) is 0 Å². The van der Waals surface area contributed by atoms with E-state index < -0.39 is 16.1 Å². The second kappa shape index (κ2) is 10.4. The maximum atomic E-state index is 12.7. The van der Waals surface area contributed by atoms with Gasteiger partial charge in [-0.3, -0.25) is 4.79 Å². The van der Waals surface area contributed by atoms with Crippen molar-refractivity contribution in [1.82, 2.24) is 14.3 Å². The largest absolute Gasteiger partial charge is 0.466 e. The van der Waals surface area contributed by atoms with Crippen LogP contribution >= 0.6 is 0 Å². The fourth-order valence-corrected chi connectivity index (χ4v) is 4.57. The number of ether oxygens (including phenoxy) is 1. The van der Waals surface area contributed by atoms with Gasteiger partial charge in [-0.1, -0.05) is 36.4 Å². The van der Waals surface area contributed by atoms with E-state index in [-0.39, 0.29) is 17.3 Å². The second-order valence-electron chi connectivity index (χ2n) is 7.28. The average molecular weight is 442 g/mol. The van der Waals surface area contributed by atoms with Crippen molar-refractivity contribution in [1.29, 1.82) is 0 Å². The van der Waals surface area contributed by atoms with E-state index >= 15 is 0 Å². The first-order valence-corrected chi connectivity index (χ1v) is 11.7. The van der Waals surface area contributed by atoms with Crippen molar-refractivity contribution in [3.63, 3.8) is 0 Å². The highest BCUT2D eigenvalue weighted by Gasteiger charge is 2.19. The number of hydrogen-bond donors (Lipinski definition) is 1. The smallest absolute Gasteiger partial charge is 0.306 e. The highest BCUT2D eigenvalue weighted by molar-refractivity contribution is 7.89. The monoisotopic (exact) mass is 441 g/mol. The van der Waals surface area contributed by atoms with E-state index in [2.05, 4.69) is 9.71 Å². The fourth-order valence-electron chi connectivity index (χ4n) is 3.32. The maximum Gasteiger partial charge on any atom is 0.306 e. The molecule has 0 aliphatic rings. The predicted molar refractivity (Wildman–Crippen MR) is 118 cm³/mol. The van der Waals surface area contributed by atoms with E-state index in [9.17, 15) is 13.2 Å². The second-order valence-corrected chi connectivity index (χ2v) is 8.99. The summed E-state index contributed by atoms with van der Waals surface area (Å²) in [5.41, 5.74) is 2.78. The van der Waals surface area contributed by atoms with Crippen molar-refractivity contribution < 1.29 is 17.9 Å². The number of aryl methyl sites for hydroxylation is 1. The predicted octanol–water partition coefficient (Wildman–Crippen LogP) is 3.47. The molecule has 0 saturated carbocycles. The van der Waals surface area contributed by atoms with E-state index in [4.69, 9.17) is 4.74 Å². The van der Waals surface area contributed by atoms with Crippen LogP contribution in [0.2, 0.25) is 0 Å². The number of carbonyl (C=O) groups is 1. The van der Waals surface area contributed by atoms with Gasteiger partial charge in [0.1, 0.15) is 0 Å². The van der Waals surface area contributed by atoms with Gasteiger partial charge in [0.2, 0.25) is 10.0 Å². The molecule has 0 aliphatic carbocycles. The Kier molecular flexibility index (Phi) is 7.59. The Morgan fingerprint density at radius 2 is 1.90 bits per heavy atom. The van der Waals surface area contributed by atoms with Gasteiger partial charge in [-0.05, 0) is 49.1 Å². The minimum Gasteiger partial charge on any atom is -0.466 e. The zero-order valence-electron chi connectivity index (χ0n) is 17.7. The molecule has 7 nitrogen and oxygen atoms in total. The number of carbonyl (C=O) groups excluding carboxylic acids is 1. The molecule has 0 saturated heterocycles. The quantitative estimate of drug-likeness (QED) is 0.487. The van der Waals surface area contributed by atoms with Crippen molar-refractivity contribution >= 4 is 16.0 Å². The Bertz CT molecular complexity index is 1100. The van der Waals surface area contributed by atoms with Crippen LogP contribution in [-0.4, -0.2) is 30.5 Å². The molecule has 0 spiro atoms. The summed E-state index contributed by atoms with van der Waals surface area (Å²) in [6, 6.07) is 13.8. The molecule has 1 atom stereocenters. The van der Waals surface area contributed by atoms with Gasteiger partial charge >= 0.3 is 5.97 Å². The molecule has 1 N–H and O–H groups in total. The summed E-state index contributed by atoms with van der Waals surface area (Å²) in [5.74, 6) is -0.248. The molecule has 31 heavy (non-hydrogen) atoms. The zero-order valence-corrected chi connectivity index (χ0v) is 18.5. The number of imidazole rings is 1. The molecule has 164 valence electrons. The van der Waals surface area contributed by atoms with Crippen molar-refractivity contribution in [2.75, 3.05) is 6.61 Å². The first kappa shape index (κ1) is 22.7. The maximum absolute atomic E-state index is 12.7. The number of nitrogens with one attached hydrogen (secondary N) is 1. The summed E-state index contributed by atoms with van der Waals surface area (Å²) >= 11 is 0. The van der Waals surface area contributed by atoms with Crippen LogP contribution in [0, 0.1) is 0 Å². The first-order valence-electron chi connectivity index (χ1n) is 10.2. The Balaban J connectivity index is 1.84. The normalized spacial score (nSPS) is 12.5. The lowest BCUT2D eigenvalue weighted by Gasteiger charge is -2.18. The van der Waals surface area contributed by atoms with Gasteiger partial charge in [0, 0.05) is 31.4 Å². The van der Waals surface area contributed by atoms with E-state index in [1.807, 2.05) is 35.9 Å². The molecular weight excluding hydrogens is 414 g/mol. The summed E-state index contributed by atoms with van der Waals surface area (Å²) in [7, 11) is -3.66. The third-order valence-corrected chi connectivity index (χ3v) is 6.36. The summed E-state index contributed by atoms with van der Waals surface area (Å²) in [5, 5.41) is 0. The highest BCUT2D eigenvalue weighted by Crippen LogP contribution is 2.22. The fraction of sp³-hybridized carbons (Fsp3) is 0.304. The van der Waals surface area contributed by atoms with Crippen molar-refractivity contribution in [2.24, 2.45) is 0 Å².